The Morgan fingerprint density at radius 2 is 1.86 bits per heavy atom. The molecule has 2 aromatic rings. The van der Waals surface area contributed by atoms with E-state index in [1.54, 1.807) is 37.5 Å². The summed E-state index contributed by atoms with van der Waals surface area (Å²) in [5.41, 5.74) is 2.57. The summed E-state index contributed by atoms with van der Waals surface area (Å²) in [6, 6.07) is 6.59. The van der Waals surface area contributed by atoms with Crippen molar-refractivity contribution >= 4 is 18.3 Å². The monoisotopic (exact) mass is 402 g/mol. The molecule has 1 aromatic carbocycles. The molecule has 0 aliphatic carbocycles. The number of halogens is 2. The fourth-order valence-corrected chi connectivity index (χ4v) is 2.31. The summed E-state index contributed by atoms with van der Waals surface area (Å²) in [4.78, 5) is 19.2. The van der Waals surface area contributed by atoms with Crippen LogP contribution < -0.4 is 10.6 Å². The minimum atomic E-state index is -2.50. The van der Waals surface area contributed by atoms with Crippen LogP contribution in [0.3, 0.4) is 0 Å². The summed E-state index contributed by atoms with van der Waals surface area (Å²) >= 11 is 0. The molecule has 2 rings (SSSR count). The van der Waals surface area contributed by atoms with E-state index in [0.717, 1.165) is 19.4 Å². The zero-order valence-corrected chi connectivity index (χ0v) is 16.7. The molecule has 1 heterocycles. The summed E-state index contributed by atoms with van der Waals surface area (Å²) in [7, 11) is 0. The SMILES string of the molecule is CC(C)(F)F.Cc1ncc(C(Nc2ccc(C#N)cc2C=N)[C@@H](C)NC=O)cn1. The van der Waals surface area contributed by atoms with E-state index in [4.69, 9.17) is 10.7 Å². The number of carbonyl (C=O) groups is 1. The lowest BCUT2D eigenvalue weighted by Crippen LogP contribution is -2.35. The highest BCUT2D eigenvalue weighted by Crippen LogP contribution is 2.25. The van der Waals surface area contributed by atoms with Gasteiger partial charge in [-0.25, -0.2) is 18.7 Å². The van der Waals surface area contributed by atoms with E-state index in [0.29, 0.717) is 29.0 Å². The predicted octanol–water partition coefficient (Wildman–Crippen LogP) is 3.60. The van der Waals surface area contributed by atoms with Crippen LogP contribution in [0.15, 0.2) is 30.6 Å². The largest absolute Gasteiger partial charge is 0.376 e. The minimum absolute atomic E-state index is 0.233. The molecule has 0 aliphatic rings. The van der Waals surface area contributed by atoms with Gasteiger partial charge in [0.05, 0.1) is 23.7 Å². The first-order valence-corrected chi connectivity index (χ1v) is 8.76. The molecular formula is C20H24F2N6O. The number of rotatable bonds is 7. The van der Waals surface area contributed by atoms with E-state index >= 15 is 0 Å². The Morgan fingerprint density at radius 1 is 1.28 bits per heavy atom. The number of amides is 1. The van der Waals surface area contributed by atoms with Gasteiger partial charge < -0.3 is 16.0 Å². The molecule has 1 unspecified atom stereocenters. The number of alkyl halides is 2. The van der Waals surface area contributed by atoms with Crippen LogP contribution in [0.1, 0.15) is 49.3 Å². The van der Waals surface area contributed by atoms with Crippen molar-refractivity contribution in [3.63, 3.8) is 0 Å². The number of aryl methyl sites for hydroxylation is 1. The number of nitriles is 1. The Labute approximate surface area is 168 Å². The highest BCUT2D eigenvalue weighted by molar-refractivity contribution is 5.86. The van der Waals surface area contributed by atoms with Gasteiger partial charge in [0, 0.05) is 35.4 Å². The van der Waals surface area contributed by atoms with Gasteiger partial charge in [0.1, 0.15) is 5.82 Å². The molecule has 0 saturated heterocycles. The molecule has 0 bridgehead atoms. The third-order valence-corrected chi connectivity index (χ3v) is 3.64. The number of nitrogens with zero attached hydrogens (tertiary/aromatic N) is 3. The van der Waals surface area contributed by atoms with Crippen LogP contribution >= 0.6 is 0 Å². The standard InChI is InChI=1S/C17H18N6O.C3H6F2/c1-11(22-10-24)17(15-8-20-12(2)21-9-15)23-16-4-3-13(6-18)5-14(16)7-19;1-3(2,4)5/h3-5,7-11,17,19,23H,1-2H3,(H,22,24);1-2H3/t11-,17?;/m1./s1. The van der Waals surface area contributed by atoms with E-state index < -0.39 is 5.92 Å². The topological polar surface area (TPSA) is 115 Å². The first-order valence-electron chi connectivity index (χ1n) is 8.76. The fraction of sp³-hybridized carbons (Fsp3) is 0.350. The first-order chi connectivity index (χ1) is 13.6. The van der Waals surface area contributed by atoms with Crippen LogP contribution in [0.5, 0.6) is 0 Å². The molecular weight excluding hydrogens is 378 g/mol. The molecule has 2 atom stereocenters. The second-order valence-electron chi connectivity index (χ2n) is 6.64. The quantitative estimate of drug-likeness (QED) is 0.483. The number of carbonyl (C=O) groups excluding carboxylic acids is 1. The third-order valence-electron chi connectivity index (χ3n) is 3.64. The fourth-order valence-electron chi connectivity index (χ4n) is 2.31. The van der Waals surface area contributed by atoms with Crippen molar-refractivity contribution in [1.82, 2.24) is 15.3 Å². The van der Waals surface area contributed by atoms with Gasteiger partial charge in [-0.1, -0.05) is 0 Å². The molecule has 1 aromatic heterocycles. The summed E-state index contributed by atoms with van der Waals surface area (Å²) < 4.78 is 22.0. The zero-order chi connectivity index (χ0) is 22.0. The summed E-state index contributed by atoms with van der Waals surface area (Å²) in [6.07, 6.45) is 5.24. The van der Waals surface area contributed by atoms with Crippen LogP contribution in [-0.2, 0) is 4.79 Å². The van der Waals surface area contributed by atoms with Gasteiger partial charge in [-0.3, -0.25) is 4.79 Å². The van der Waals surface area contributed by atoms with Crippen LogP contribution in [-0.4, -0.2) is 34.6 Å². The van der Waals surface area contributed by atoms with Crippen molar-refractivity contribution in [3.8, 4) is 6.07 Å². The number of nitrogens with one attached hydrogen (secondary N) is 3. The number of benzene rings is 1. The van der Waals surface area contributed by atoms with Gasteiger partial charge in [0.15, 0.2) is 0 Å². The summed E-state index contributed by atoms with van der Waals surface area (Å²) in [5.74, 6) is -1.84. The van der Waals surface area contributed by atoms with Gasteiger partial charge >= 0.3 is 0 Å². The maximum absolute atomic E-state index is 11.0. The van der Waals surface area contributed by atoms with Crippen LogP contribution in [0.25, 0.3) is 0 Å². The molecule has 154 valence electrons. The van der Waals surface area contributed by atoms with Crippen molar-refractivity contribution in [3.05, 3.63) is 53.1 Å². The average molecular weight is 402 g/mol. The number of hydrogen-bond acceptors (Lipinski definition) is 6. The van der Waals surface area contributed by atoms with E-state index in [2.05, 4.69) is 26.7 Å². The molecule has 9 heteroatoms. The Bertz CT molecular complexity index is 853. The van der Waals surface area contributed by atoms with Gasteiger partial charge in [-0.05, 0) is 45.9 Å². The maximum atomic E-state index is 11.0. The van der Waals surface area contributed by atoms with E-state index in [1.165, 1.54) is 6.21 Å². The molecule has 0 radical (unpaired) electrons. The lowest BCUT2D eigenvalue weighted by molar-refractivity contribution is -0.110. The maximum Gasteiger partial charge on any atom is 0.242 e. The molecule has 1 amide bonds. The first kappa shape index (κ1) is 23.6. The predicted molar refractivity (Wildman–Crippen MR) is 107 cm³/mol. The zero-order valence-electron chi connectivity index (χ0n) is 16.7. The van der Waals surface area contributed by atoms with Gasteiger partial charge in [0.2, 0.25) is 12.3 Å². The van der Waals surface area contributed by atoms with Crippen LogP contribution in [0.2, 0.25) is 0 Å². The number of anilines is 1. The lowest BCUT2D eigenvalue weighted by atomic mass is 10.0. The molecule has 0 aliphatic heterocycles. The number of aromatic nitrogens is 2. The summed E-state index contributed by atoms with van der Waals surface area (Å²) in [5, 5.41) is 22.6. The lowest BCUT2D eigenvalue weighted by Gasteiger charge is -2.26. The molecule has 3 N–H and O–H groups in total. The van der Waals surface area contributed by atoms with Crippen molar-refractivity contribution in [2.75, 3.05) is 5.32 Å². The van der Waals surface area contributed by atoms with Gasteiger partial charge in [-0.15, -0.1) is 0 Å². The Morgan fingerprint density at radius 3 is 2.34 bits per heavy atom. The second kappa shape index (κ2) is 10.8. The van der Waals surface area contributed by atoms with E-state index in [1.807, 2.05) is 6.92 Å². The van der Waals surface area contributed by atoms with Crippen molar-refractivity contribution < 1.29 is 13.6 Å². The molecule has 0 fully saturated rings. The molecule has 0 spiro atoms. The molecule has 29 heavy (non-hydrogen) atoms. The average Bonchev–Trinajstić information content (AvgIpc) is 2.65. The Kier molecular flexibility index (Phi) is 8.80. The van der Waals surface area contributed by atoms with Crippen molar-refractivity contribution in [1.29, 1.82) is 10.7 Å². The highest BCUT2D eigenvalue weighted by atomic mass is 19.3. The van der Waals surface area contributed by atoms with Crippen molar-refractivity contribution in [2.24, 2.45) is 0 Å². The van der Waals surface area contributed by atoms with Crippen LogP contribution in [0, 0.1) is 23.7 Å². The highest BCUT2D eigenvalue weighted by Gasteiger charge is 2.20. The Balaban J connectivity index is 0.000000749. The smallest absolute Gasteiger partial charge is 0.242 e. The molecule has 7 nitrogen and oxygen atoms in total. The van der Waals surface area contributed by atoms with E-state index in [-0.39, 0.29) is 12.1 Å². The normalized spacial score (nSPS) is 12.4. The minimum Gasteiger partial charge on any atom is -0.376 e. The summed E-state index contributed by atoms with van der Waals surface area (Å²) in [6.45, 7) is 5.37. The molecule has 0 saturated carbocycles. The van der Waals surface area contributed by atoms with Gasteiger partial charge in [0.25, 0.3) is 0 Å². The number of hydrogen-bond donors (Lipinski definition) is 3. The van der Waals surface area contributed by atoms with E-state index in [9.17, 15) is 13.6 Å². The van der Waals surface area contributed by atoms with Gasteiger partial charge in [-0.2, -0.15) is 5.26 Å². The Hall–Kier alpha value is -3.41. The van der Waals surface area contributed by atoms with Crippen LogP contribution in [0.4, 0.5) is 14.5 Å². The van der Waals surface area contributed by atoms with Crippen molar-refractivity contribution in [2.45, 2.75) is 45.7 Å². The third kappa shape index (κ3) is 8.43. The second-order valence-corrected chi connectivity index (χ2v) is 6.64.